The number of benzene rings is 1. The number of nitrogens with one attached hydrogen (secondary N) is 2. The number of hydrogen-bond acceptors (Lipinski definition) is 3. The number of hydrogen-bond donors (Lipinski definition) is 3. The van der Waals surface area contributed by atoms with E-state index in [1.807, 2.05) is 0 Å². The standard InChI is InChI=1S/C13H14BrF3N2O2/c14-5-4-12(19-11(21)13(15,16)17)10-2-1-9(20)7-8(10)3-6-18-12/h1-2,7,18,20H,3-6H2,(H,19,21)/t12-/m1/s1. The summed E-state index contributed by atoms with van der Waals surface area (Å²) in [6.07, 6.45) is -4.14. The average Bonchev–Trinajstić information content (AvgIpc) is 2.37. The first-order valence-electron chi connectivity index (χ1n) is 6.31. The van der Waals surface area contributed by atoms with E-state index in [2.05, 4.69) is 26.6 Å². The molecular weight excluding hydrogens is 353 g/mol. The number of phenolic OH excluding ortho intramolecular Hbond substituents is 1. The number of phenols is 1. The Bertz CT molecular complexity index is 551. The maximum Gasteiger partial charge on any atom is 0.471 e. The van der Waals surface area contributed by atoms with Crippen molar-refractivity contribution in [2.45, 2.75) is 24.7 Å². The highest BCUT2D eigenvalue weighted by atomic mass is 79.9. The van der Waals surface area contributed by atoms with Gasteiger partial charge in [0, 0.05) is 11.9 Å². The predicted octanol–water partition coefficient (Wildman–Crippen LogP) is 2.15. The fourth-order valence-electron chi connectivity index (χ4n) is 2.51. The molecule has 0 unspecified atom stereocenters. The summed E-state index contributed by atoms with van der Waals surface area (Å²) in [5.74, 6) is -1.94. The molecule has 1 aromatic carbocycles. The van der Waals surface area contributed by atoms with Crippen LogP contribution in [-0.4, -0.2) is 29.1 Å². The predicted molar refractivity (Wildman–Crippen MR) is 74.1 cm³/mol. The quantitative estimate of drug-likeness (QED) is 0.718. The maximum atomic E-state index is 12.6. The van der Waals surface area contributed by atoms with E-state index in [4.69, 9.17) is 0 Å². The third kappa shape index (κ3) is 3.32. The lowest BCUT2D eigenvalue weighted by atomic mass is 9.86. The molecule has 2 rings (SSSR count). The first-order chi connectivity index (χ1) is 9.78. The summed E-state index contributed by atoms with van der Waals surface area (Å²) in [7, 11) is 0. The Balaban J connectivity index is 2.42. The van der Waals surface area contributed by atoms with Crippen molar-refractivity contribution in [3.63, 3.8) is 0 Å². The monoisotopic (exact) mass is 366 g/mol. The van der Waals surface area contributed by atoms with Crippen LogP contribution in [0.25, 0.3) is 0 Å². The van der Waals surface area contributed by atoms with Crippen molar-refractivity contribution < 1.29 is 23.1 Å². The van der Waals surface area contributed by atoms with Gasteiger partial charge in [-0.05, 0) is 36.1 Å². The Hall–Kier alpha value is -1.28. The zero-order valence-corrected chi connectivity index (χ0v) is 12.5. The Kier molecular flexibility index (Phi) is 4.48. The minimum atomic E-state index is -4.95. The third-order valence-electron chi connectivity index (χ3n) is 3.42. The normalized spacial score (nSPS) is 21.7. The molecular formula is C13H14BrF3N2O2. The van der Waals surface area contributed by atoms with Gasteiger partial charge in [-0.2, -0.15) is 13.2 Å². The first kappa shape index (κ1) is 16.1. The fourth-order valence-corrected chi connectivity index (χ4v) is 3.11. The highest BCUT2D eigenvalue weighted by molar-refractivity contribution is 9.09. The molecule has 1 heterocycles. The van der Waals surface area contributed by atoms with E-state index in [1.54, 1.807) is 0 Å². The Labute approximate surface area is 127 Å². The van der Waals surface area contributed by atoms with Gasteiger partial charge in [0.2, 0.25) is 0 Å². The summed E-state index contributed by atoms with van der Waals surface area (Å²) >= 11 is 3.20. The van der Waals surface area contributed by atoms with Crippen LogP contribution in [0.5, 0.6) is 5.75 Å². The van der Waals surface area contributed by atoms with Crippen molar-refractivity contribution >= 4 is 21.8 Å². The van der Waals surface area contributed by atoms with E-state index in [9.17, 15) is 23.1 Å². The molecule has 0 saturated heterocycles. The molecule has 116 valence electrons. The van der Waals surface area contributed by atoms with Crippen LogP contribution in [0, 0.1) is 0 Å². The van der Waals surface area contributed by atoms with Gasteiger partial charge in [0.1, 0.15) is 11.4 Å². The molecule has 1 aliphatic heterocycles. The van der Waals surface area contributed by atoms with E-state index < -0.39 is 17.7 Å². The van der Waals surface area contributed by atoms with Gasteiger partial charge in [-0.15, -0.1) is 0 Å². The molecule has 0 fully saturated rings. The molecule has 1 aromatic rings. The van der Waals surface area contributed by atoms with E-state index in [0.29, 0.717) is 23.9 Å². The summed E-state index contributed by atoms with van der Waals surface area (Å²) in [6, 6.07) is 4.45. The van der Waals surface area contributed by atoms with Gasteiger partial charge in [-0.25, -0.2) is 0 Å². The second kappa shape index (κ2) is 5.84. The molecule has 1 atom stereocenters. The summed E-state index contributed by atoms with van der Waals surface area (Å²) < 4.78 is 37.7. The molecule has 0 aromatic heterocycles. The molecule has 0 spiro atoms. The molecule has 3 N–H and O–H groups in total. The maximum absolute atomic E-state index is 12.6. The van der Waals surface area contributed by atoms with E-state index in [1.165, 1.54) is 18.2 Å². The lowest BCUT2D eigenvalue weighted by Gasteiger charge is -2.40. The molecule has 21 heavy (non-hydrogen) atoms. The van der Waals surface area contributed by atoms with Crippen LogP contribution in [-0.2, 0) is 16.9 Å². The smallest absolute Gasteiger partial charge is 0.471 e. The zero-order valence-electron chi connectivity index (χ0n) is 10.9. The third-order valence-corrected chi connectivity index (χ3v) is 3.82. The summed E-state index contributed by atoms with van der Waals surface area (Å²) in [4.78, 5) is 11.3. The van der Waals surface area contributed by atoms with E-state index in [0.717, 1.165) is 5.56 Å². The van der Waals surface area contributed by atoms with E-state index in [-0.39, 0.29) is 12.2 Å². The molecule has 1 aliphatic rings. The van der Waals surface area contributed by atoms with Crippen molar-refractivity contribution in [3.8, 4) is 5.75 Å². The number of carbonyl (C=O) groups excluding carboxylic acids is 1. The molecule has 0 aliphatic carbocycles. The highest BCUT2D eigenvalue weighted by Crippen LogP contribution is 2.33. The van der Waals surface area contributed by atoms with Crippen LogP contribution >= 0.6 is 15.9 Å². The van der Waals surface area contributed by atoms with E-state index >= 15 is 0 Å². The molecule has 0 radical (unpaired) electrons. The van der Waals surface area contributed by atoms with Crippen molar-refractivity contribution in [3.05, 3.63) is 29.3 Å². The van der Waals surface area contributed by atoms with Crippen LogP contribution in [0.1, 0.15) is 17.5 Å². The van der Waals surface area contributed by atoms with Crippen LogP contribution in [0.3, 0.4) is 0 Å². The summed E-state index contributed by atoms with van der Waals surface area (Å²) in [5.41, 5.74) is -0.0297. The van der Waals surface area contributed by atoms with Crippen LogP contribution in [0.2, 0.25) is 0 Å². The Morgan fingerprint density at radius 1 is 1.48 bits per heavy atom. The minimum Gasteiger partial charge on any atom is -0.508 e. The van der Waals surface area contributed by atoms with Crippen LogP contribution in [0.4, 0.5) is 13.2 Å². The number of carbonyl (C=O) groups is 1. The van der Waals surface area contributed by atoms with Gasteiger partial charge < -0.3 is 10.4 Å². The lowest BCUT2D eigenvalue weighted by Crippen LogP contribution is -2.61. The second-order valence-electron chi connectivity index (χ2n) is 4.81. The minimum absolute atomic E-state index is 0.0468. The van der Waals surface area contributed by atoms with Crippen molar-refractivity contribution in [1.29, 1.82) is 0 Å². The van der Waals surface area contributed by atoms with Crippen LogP contribution in [0.15, 0.2) is 18.2 Å². The summed E-state index contributed by atoms with van der Waals surface area (Å²) in [5, 5.41) is 14.9. The molecule has 0 saturated carbocycles. The summed E-state index contributed by atoms with van der Waals surface area (Å²) in [6.45, 7) is 0.404. The number of aromatic hydroxyl groups is 1. The number of halogens is 4. The molecule has 8 heteroatoms. The topological polar surface area (TPSA) is 61.4 Å². The van der Waals surface area contributed by atoms with Gasteiger partial charge in [0.05, 0.1) is 0 Å². The van der Waals surface area contributed by atoms with Crippen molar-refractivity contribution in [1.82, 2.24) is 10.6 Å². The second-order valence-corrected chi connectivity index (χ2v) is 5.61. The first-order valence-corrected chi connectivity index (χ1v) is 7.43. The van der Waals surface area contributed by atoms with Gasteiger partial charge in [-0.3, -0.25) is 10.1 Å². The lowest BCUT2D eigenvalue weighted by molar-refractivity contribution is -0.176. The number of fused-ring (bicyclic) bond motifs is 1. The molecule has 1 amide bonds. The average molecular weight is 367 g/mol. The van der Waals surface area contributed by atoms with Crippen molar-refractivity contribution in [2.75, 3.05) is 11.9 Å². The van der Waals surface area contributed by atoms with Gasteiger partial charge >= 0.3 is 12.1 Å². The van der Waals surface area contributed by atoms with Gasteiger partial charge in [0.25, 0.3) is 0 Å². The van der Waals surface area contributed by atoms with Gasteiger partial charge in [-0.1, -0.05) is 22.0 Å². The zero-order chi connectivity index (χ0) is 15.7. The highest BCUT2D eigenvalue weighted by Gasteiger charge is 2.45. The van der Waals surface area contributed by atoms with Gasteiger partial charge in [0.15, 0.2) is 0 Å². The molecule has 4 nitrogen and oxygen atoms in total. The Morgan fingerprint density at radius 2 is 2.19 bits per heavy atom. The SMILES string of the molecule is O=C(N[C@@]1(CCBr)NCCc2cc(O)ccc21)C(F)(F)F. The molecule has 0 bridgehead atoms. The number of amides is 1. The Morgan fingerprint density at radius 3 is 2.81 bits per heavy atom. The largest absolute Gasteiger partial charge is 0.508 e. The van der Waals surface area contributed by atoms with Crippen LogP contribution < -0.4 is 10.6 Å². The fraction of sp³-hybridized carbons (Fsp3) is 0.462. The number of alkyl halides is 4. The van der Waals surface area contributed by atoms with Crippen molar-refractivity contribution in [2.24, 2.45) is 0 Å². The number of rotatable bonds is 3.